The zero-order valence-electron chi connectivity index (χ0n) is 13.2. The molecular weight excluding hydrogens is 306 g/mol. The monoisotopic (exact) mass is 325 g/mol. The van der Waals surface area contributed by atoms with Crippen LogP contribution >= 0.6 is 0 Å². The molecule has 0 bridgehead atoms. The number of fused-ring (bicyclic) bond motifs is 5. The first-order valence-corrected chi connectivity index (χ1v) is 8.28. The first-order chi connectivity index (χ1) is 11.9. The van der Waals surface area contributed by atoms with Crippen molar-refractivity contribution >= 4 is 23.4 Å². The smallest absolute Gasteiger partial charge is 0.174 e. The van der Waals surface area contributed by atoms with E-state index in [1.54, 1.807) is 0 Å². The van der Waals surface area contributed by atoms with Crippen molar-refractivity contribution in [2.45, 2.75) is 6.17 Å². The van der Waals surface area contributed by atoms with Crippen LogP contribution in [0.2, 0.25) is 0 Å². The number of amidine groups is 1. The molecule has 4 aliphatic heterocycles. The summed E-state index contributed by atoms with van der Waals surface area (Å²) in [5.74, 6) is 0.924. The number of hydrogen-bond donors (Lipinski definition) is 2. The van der Waals surface area contributed by atoms with Gasteiger partial charge in [-0.1, -0.05) is 12.1 Å². The van der Waals surface area contributed by atoms with Gasteiger partial charge in [0, 0.05) is 32.4 Å². The normalized spacial score (nSPS) is 28.6. The molecule has 9 nitrogen and oxygen atoms in total. The van der Waals surface area contributed by atoms with E-state index in [2.05, 4.69) is 42.1 Å². The predicted molar refractivity (Wildman–Crippen MR) is 91.8 cm³/mol. The number of hydrogen-bond acceptors (Lipinski definition) is 9. The minimum atomic E-state index is -0.0814. The van der Waals surface area contributed by atoms with Gasteiger partial charge in [0.2, 0.25) is 0 Å². The lowest BCUT2D eigenvalue weighted by Crippen LogP contribution is -2.58. The summed E-state index contributed by atoms with van der Waals surface area (Å²) in [6, 6.07) is 8.14. The van der Waals surface area contributed by atoms with Gasteiger partial charge in [0.15, 0.2) is 6.17 Å². The average Bonchev–Trinajstić information content (AvgIpc) is 3.02. The fourth-order valence-corrected chi connectivity index (χ4v) is 3.57. The Morgan fingerprint density at radius 1 is 1.08 bits per heavy atom. The summed E-state index contributed by atoms with van der Waals surface area (Å²) in [6.07, 6.45) is 1.90. The number of rotatable bonds is 1. The van der Waals surface area contributed by atoms with Gasteiger partial charge in [0.25, 0.3) is 0 Å². The highest BCUT2D eigenvalue weighted by Crippen LogP contribution is 2.38. The van der Waals surface area contributed by atoms with E-state index in [1.807, 2.05) is 34.5 Å². The Hall–Kier alpha value is -2.52. The summed E-state index contributed by atoms with van der Waals surface area (Å²) in [6.45, 7) is 4.19. The molecule has 0 radical (unpaired) electrons. The van der Waals surface area contributed by atoms with Crippen LogP contribution in [0.3, 0.4) is 0 Å². The summed E-state index contributed by atoms with van der Waals surface area (Å²) in [7, 11) is 0. The molecule has 5 rings (SSSR count). The quantitative estimate of drug-likeness (QED) is 0.795. The predicted octanol–water partition coefficient (Wildman–Crippen LogP) is 0.719. The Morgan fingerprint density at radius 2 is 1.96 bits per heavy atom. The Kier molecular flexibility index (Phi) is 3.20. The van der Waals surface area contributed by atoms with E-state index in [4.69, 9.17) is 0 Å². The minimum Gasteiger partial charge on any atom is -0.342 e. The maximum absolute atomic E-state index is 4.59. The first kappa shape index (κ1) is 13.9. The summed E-state index contributed by atoms with van der Waals surface area (Å²) in [4.78, 5) is 8.98. The van der Waals surface area contributed by atoms with E-state index < -0.39 is 0 Å². The fourth-order valence-electron chi connectivity index (χ4n) is 3.57. The molecule has 124 valence electrons. The number of nitrogens with zero attached hydrogens (tertiary/aromatic N) is 7. The van der Waals surface area contributed by atoms with Gasteiger partial charge >= 0.3 is 0 Å². The van der Waals surface area contributed by atoms with Gasteiger partial charge in [-0.15, -0.1) is 0 Å². The molecule has 0 spiro atoms. The SMILES string of the molecule is C1=NCN=C2Nc3ccccc3N3N=NN(N4CCNCC4)C3C12. The summed E-state index contributed by atoms with van der Waals surface area (Å²) >= 11 is 0. The van der Waals surface area contributed by atoms with Gasteiger partial charge in [0.05, 0.1) is 17.3 Å². The first-order valence-electron chi connectivity index (χ1n) is 8.28. The van der Waals surface area contributed by atoms with Gasteiger partial charge in [-0.25, -0.2) is 10.0 Å². The van der Waals surface area contributed by atoms with E-state index >= 15 is 0 Å². The van der Waals surface area contributed by atoms with E-state index in [0.717, 1.165) is 43.4 Å². The third-order valence-corrected chi connectivity index (χ3v) is 4.74. The molecule has 2 unspecified atom stereocenters. The Morgan fingerprint density at radius 3 is 2.88 bits per heavy atom. The lowest BCUT2D eigenvalue weighted by Gasteiger charge is -2.39. The van der Waals surface area contributed by atoms with Crippen molar-refractivity contribution in [2.75, 3.05) is 43.2 Å². The Balaban J connectivity index is 1.58. The topological polar surface area (TPSA) is 83.2 Å². The molecule has 2 N–H and O–H groups in total. The van der Waals surface area contributed by atoms with E-state index in [0.29, 0.717) is 6.67 Å². The summed E-state index contributed by atoms with van der Waals surface area (Å²) in [5.41, 5.74) is 2.01. The minimum absolute atomic E-state index is 0.00367. The zero-order chi connectivity index (χ0) is 15.9. The molecule has 2 atom stereocenters. The molecule has 0 saturated carbocycles. The molecule has 1 aromatic carbocycles. The van der Waals surface area contributed by atoms with Crippen LogP contribution in [-0.4, -0.2) is 61.2 Å². The second kappa shape index (κ2) is 5.53. The number of hydrazine groups is 1. The number of aliphatic imine (C=N–C) groups is 2. The number of piperazine rings is 1. The molecule has 24 heavy (non-hydrogen) atoms. The van der Waals surface area contributed by atoms with Crippen LogP contribution < -0.4 is 15.6 Å². The molecule has 1 saturated heterocycles. The van der Waals surface area contributed by atoms with Crippen LogP contribution in [0.5, 0.6) is 0 Å². The lowest BCUT2D eigenvalue weighted by molar-refractivity contribution is -0.0592. The van der Waals surface area contributed by atoms with Gasteiger partial charge in [-0.05, 0) is 22.6 Å². The van der Waals surface area contributed by atoms with E-state index in [-0.39, 0.29) is 12.1 Å². The van der Waals surface area contributed by atoms with Crippen molar-refractivity contribution in [3.05, 3.63) is 24.3 Å². The van der Waals surface area contributed by atoms with Gasteiger partial charge in [-0.2, -0.15) is 10.1 Å². The van der Waals surface area contributed by atoms with E-state index in [1.165, 1.54) is 0 Å². The lowest BCUT2D eigenvalue weighted by atomic mass is 10.1. The fraction of sp³-hybridized carbons (Fsp3) is 0.467. The molecule has 0 aliphatic carbocycles. The third-order valence-electron chi connectivity index (χ3n) is 4.74. The van der Waals surface area contributed by atoms with Crippen molar-refractivity contribution in [1.82, 2.24) is 15.4 Å². The molecular formula is C15H19N9. The zero-order valence-corrected chi connectivity index (χ0v) is 13.2. The van der Waals surface area contributed by atoms with Crippen molar-refractivity contribution < 1.29 is 0 Å². The van der Waals surface area contributed by atoms with Crippen LogP contribution in [0.15, 0.2) is 44.7 Å². The number of anilines is 2. The van der Waals surface area contributed by atoms with Crippen LogP contribution in [-0.2, 0) is 0 Å². The van der Waals surface area contributed by atoms with Crippen molar-refractivity contribution in [3.8, 4) is 0 Å². The Bertz CT molecular complexity index is 721. The third kappa shape index (κ3) is 2.09. The second-order valence-corrected chi connectivity index (χ2v) is 6.15. The highest BCUT2D eigenvalue weighted by atomic mass is 15.9. The maximum atomic E-state index is 4.59. The maximum Gasteiger partial charge on any atom is 0.174 e. The largest absolute Gasteiger partial charge is 0.342 e. The second-order valence-electron chi connectivity index (χ2n) is 6.15. The standard InChI is InChI=1S/C15H19N9/c1-2-4-13-12(3-1)19-14-11(9-17-10-18-14)15-23(13)20-21-24(15)22-7-5-16-6-8-22/h1-4,9,11,15-16H,5-8,10H2,(H,18,19). The molecule has 0 amide bonds. The Labute approximate surface area is 139 Å². The number of para-hydroxylation sites is 2. The molecule has 4 heterocycles. The van der Waals surface area contributed by atoms with Crippen LogP contribution in [0.25, 0.3) is 0 Å². The summed E-state index contributed by atoms with van der Waals surface area (Å²) < 4.78 is 0. The average molecular weight is 325 g/mol. The van der Waals surface area contributed by atoms with Gasteiger partial charge in [0.1, 0.15) is 12.5 Å². The van der Waals surface area contributed by atoms with E-state index in [9.17, 15) is 0 Å². The van der Waals surface area contributed by atoms with Crippen molar-refractivity contribution in [3.63, 3.8) is 0 Å². The van der Waals surface area contributed by atoms with Gasteiger partial charge < -0.3 is 10.6 Å². The molecule has 9 heteroatoms. The molecule has 0 aromatic heterocycles. The molecule has 1 aromatic rings. The molecule has 1 fully saturated rings. The van der Waals surface area contributed by atoms with Crippen LogP contribution in [0, 0.1) is 5.92 Å². The summed E-state index contributed by atoms with van der Waals surface area (Å²) in [5, 5.41) is 22.0. The highest BCUT2D eigenvalue weighted by Gasteiger charge is 2.45. The molecule has 4 aliphatic rings. The number of benzene rings is 1. The van der Waals surface area contributed by atoms with Crippen LogP contribution in [0.1, 0.15) is 0 Å². The number of nitrogens with one attached hydrogen (secondary N) is 2. The highest BCUT2D eigenvalue weighted by molar-refractivity contribution is 6.09. The van der Waals surface area contributed by atoms with Gasteiger partial charge in [-0.3, -0.25) is 4.99 Å². The van der Waals surface area contributed by atoms with Crippen LogP contribution in [0.4, 0.5) is 11.4 Å². The van der Waals surface area contributed by atoms with Crippen molar-refractivity contribution in [2.24, 2.45) is 26.3 Å². The van der Waals surface area contributed by atoms with Crippen molar-refractivity contribution in [1.29, 1.82) is 0 Å².